The Morgan fingerprint density at radius 2 is 1.85 bits per heavy atom. The minimum absolute atomic E-state index is 0.0326. The number of nitrogens with zero attached hydrogens (tertiary/aromatic N) is 4. The second-order valence-electron chi connectivity index (χ2n) is 7.53. The predicted molar refractivity (Wildman–Crippen MR) is 102 cm³/mol. The van der Waals surface area contributed by atoms with Crippen LogP contribution in [-0.2, 0) is 5.54 Å². The van der Waals surface area contributed by atoms with Crippen molar-refractivity contribution >= 4 is 10.8 Å². The molecule has 136 valence electrons. The van der Waals surface area contributed by atoms with E-state index in [1.54, 1.807) is 16.8 Å². The monoisotopic (exact) mass is 362 g/mol. The van der Waals surface area contributed by atoms with Crippen LogP contribution in [0.2, 0.25) is 0 Å². The van der Waals surface area contributed by atoms with Gasteiger partial charge in [-0.25, -0.2) is 9.07 Å². The van der Waals surface area contributed by atoms with Gasteiger partial charge < -0.3 is 9.67 Å². The number of hydrogen-bond acceptors (Lipinski definition) is 3. The number of fused-ring (bicyclic) bond motifs is 1. The third kappa shape index (κ3) is 2.44. The lowest BCUT2D eigenvalue weighted by Crippen LogP contribution is -2.09. The highest BCUT2D eigenvalue weighted by atomic mass is 19.1. The van der Waals surface area contributed by atoms with Gasteiger partial charge in [0.05, 0.1) is 11.4 Å². The minimum Gasteiger partial charge on any atom is -0.494 e. The summed E-state index contributed by atoms with van der Waals surface area (Å²) in [5, 5.41) is 20.9. The van der Waals surface area contributed by atoms with E-state index in [1.165, 1.54) is 12.1 Å². The molecule has 1 N–H and O–H groups in total. The molecule has 27 heavy (non-hydrogen) atoms. The third-order valence-electron chi connectivity index (χ3n) is 5.58. The van der Waals surface area contributed by atoms with Gasteiger partial charge in [0.25, 0.3) is 0 Å². The average molecular weight is 362 g/mol. The number of benzene rings is 2. The van der Waals surface area contributed by atoms with E-state index in [1.807, 2.05) is 35.9 Å². The first-order valence-electron chi connectivity index (χ1n) is 8.99. The molecule has 1 aliphatic rings. The van der Waals surface area contributed by atoms with Crippen LogP contribution in [0.3, 0.4) is 0 Å². The Labute approximate surface area is 155 Å². The van der Waals surface area contributed by atoms with Gasteiger partial charge in [0.2, 0.25) is 0 Å². The molecule has 0 atom stereocenters. The molecule has 0 radical (unpaired) electrons. The van der Waals surface area contributed by atoms with Gasteiger partial charge in [0, 0.05) is 28.1 Å². The Bertz CT molecular complexity index is 1170. The summed E-state index contributed by atoms with van der Waals surface area (Å²) < 4.78 is 16.9. The standard InChI is InChI=1S/C21H19FN4O/c1-13-19(23-24-26(13)17-6-4-16(22)5-7-17)14-3-8-18-15(11-14)12-25(20(18)27)21(2)9-10-21/h3-8,11-12,27H,9-10H2,1-2H3. The van der Waals surface area contributed by atoms with E-state index in [-0.39, 0.29) is 11.4 Å². The number of hydrogen-bond donors (Lipinski definition) is 1. The van der Waals surface area contributed by atoms with Crippen LogP contribution in [0.1, 0.15) is 25.5 Å². The lowest BCUT2D eigenvalue weighted by atomic mass is 10.1. The van der Waals surface area contributed by atoms with E-state index in [9.17, 15) is 9.50 Å². The van der Waals surface area contributed by atoms with Crippen molar-refractivity contribution in [2.45, 2.75) is 32.2 Å². The van der Waals surface area contributed by atoms with Crippen molar-refractivity contribution in [2.75, 3.05) is 0 Å². The summed E-state index contributed by atoms with van der Waals surface area (Å²) in [4.78, 5) is 0. The van der Waals surface area contributed by atoms with Crippen molar-refractivity contribution < 1.29 is 9.50 Å². The third-order valence-corrected chi connectivity index (χ3v) is 5.58. The van der Waals surface area contributed by atoms with Gasteiger partial charge in [-0.1, -0.05) is 11.3 Å². The Balaban J connectivity index is 1.59. The summed E-state index contributed by atoms with van der Waals surface area (Å²) in [5.41, 5.74) is 3.38. The first-order valence-corrected chi connectivity index (χ1v) is 8.99. The van der Waals surface area contributed by atoms with Crippen LogP contribution in [0.5, 0.6) is 5.88 Å². The molecule has 1 saturated carbocycles. The summed E-state index contributed by atoms with van der Waals surface area (Å²) >= 11 is 0. The zero-order chi connectivity index (χ0) is 18.8. The molecule has 0 bridgehead atoms. The highest BCUT2D eigenvalue weighted by Gasteiger charge is 2.41. The second-order valence-corrected chi connectivity index (χ2v) is 7.53. The van der Waals surface area contributed by atoms with Crippen LogP contribution < -0.4 is 0 Å². The summed E-state index contributed by atoms with van der Waals surface area (Å²) in [7, 11) is 0. The van der Waals surface area contributed by atoms with Crippen molar-refractivity contribution in [2.24, 2.45) is 0 Å². The van der Waals surface area contributed by atoms with Gasteiger partial charge in [-0.05, 0) is 63.1 Å². The molecule has 0 unspecified atom stereocenters. The molecule has 2 aromatic heterocycles. The fourth-order valence-electron chi connectivity index (χ4n) is 3.61. The quantitative estimate of drug-likeness (QED) is 0.582. The first kappa shape index (κ1) is 16.1. The molecule has 0 aliphatic heterocycles. The van der Waals surface area contributed by atoms with Crippen molar-refractivity contribution in [1.29, 1.82) is 0 Å². The highest BCUT2D eigenvalue weighted by Crippen LogP contribution is 2.47. The van der Waals surface area contributed by atoms with E-state index in [4.69, 9.17) is 0 Å². The van der Waals surface area contributed by atoms with Gasteiger partial charge in [0.15, 0.2) is 5.88 Å². The van der Waals surface area contributed by atoms with Crippen LogP contribution in [0.25, 0.3) is 27.7 Å². The fraction of sp³-hybridized carbons (Fsp3) is 0.238. The molecule has 1 fully saturated rings. The lowest BCUT2D eigenvalue weighted by Gasteiger charge is -2.11. The zero-order valence-electron chi connectivity index (χ0n) is 15.1. The van der Waals surface area contributed by atoms with Crippen LogP contribution >= 0.6 is 0 Å². The molecule has 0 saturated heterocycles. The van der Waals surface area contributed by atoms with Crippen molar-refractivity contribution in [3.63, 3.8) is 0 Å². The Morgan fingerprint density at radius 1 is 1.11 bits per heavy atom. The first-order chi connectivity index (χ1) is 13.0. The molecule has 5 nitrogen and oxygen atoms in total. The zero-order valence-corrected chi connectivity index (χ0v) is 15.1. The maximum Gasteiger partial charge on any atom is 0.199 e. The molecule has 4 aromatic rings. The maximum absolute atomic E-state index is 13.2. The van der Waals surface area contributed by atoms with E-state index < -0.39 is 0 Å². The van der Waals surface area contributed by atoms with Crippen molar-refractivity contribution in [1.82, 2.24) is 19.6 Å². The van der Waals surface area contributed by atoms with Crippen LogP contribution in [-0.4, -0.2) is 24.7 Å². The van der Waals surface area contributed by atoms with Gasteiger partial charge in [-0.2, -0.15) is 0 Å². The second kappa shape index (κ2) is 5.42. The highest BCUT2D eigenvalue weighted by molar-refractivity contribution is 5.91. The summed E-state index contributed by atoms with van der Waals surface area (Å²) in [6, 6.07) is 12.1. The predicted octanol–water partition coefficient (Wildman–Crippen LogP) is 4.55. The molecule has 0 amide bonds. The van der Waals surface area contributed by atoms with Crippen LogP contribution in [0.15, 0.2) is 48.7 Å². The minimum atomic E-state index is -0.282. The van der Waals surface area contributed by atoms with Gasteiger partial charge >= 0.3 is 0 Å². The van der Waals surface area contributed by atoms with Gasteiger partial charge in [-0.3, -0.25) is 0 Å². The smallest absolute Gasteiger partial charge is 0.199 e. The molecule has 2 aromatic carbocycles. The Hall–Kier alpha value is -3.15. The van der Waals surface area contributed by atoms with Crippen molar-refractivity contribution in [3.05, 3.63) is 60.2 Å². The van der Waals surface area contributed by atoms with E-state index in [2.05, 4.69) is 17.2 Å². The summed E-state index contributed by atoms with van der Waals surface area (Å²) in [6.07, 6.45) is 4.18. The number of halogens is 1. The Morgan fingerprint density at radius 3 is 2.56 bits per heavy atom. The van der Waals surface area contributed by atoms with Crippen LogP contribution in [0, 0.1) is 12.7 Å². The molecular formula is C21H19FN4O. The van der Waals surface area contributed by atoms with Gasteiger partial charge in [-0.15, -0.1) is 5.10 Å². The average Bonchev–Trinajstić information content (AvgIpc) is 3.15. The maximum atomic E-state index is 13.2. The van der Waals surface area contributed by atoms with Gasteiger partial charge in [0.1, 0.15) is 11.5 Å². The Kier molecular flexibility index (Phi) is 3.22. The normalized spacial score (nSPS) is 15.4. The molecule has 0 spiro atoms. The largest absolute Gasteiger partial charge is 0.494 e. The fourth-order valence-corrected chi connectivity index (χ4v) is 3.61. The molecule has 2 heterocycles. The molecule has 1 aliphatic carbocycles. The number of aromatic hydroxyl groups is 1. The van der Waals surface area contributed by atoms with Crippen LogP contribution in [0.4, 0.5) is 4.39 Å². The summed E-state index contributed by atoms with van der Waals surface area (Å²) in [5.74, 6) is 0.0408. The summed E-state index contributed by atoms with van der Waals surface area (Å²) in [6.45, 7) is 4.10. The topological polar surface area (TPSA) is 55.9 Å². The molecule has 6 heteroatoms. The number of aromatic nitrogens is 4. The lowest BCUT2D eigenvalue weighted by molar-refractivity contribution is 0.386. The SMILES string of the molecule is Cc1c(-c2ccc3c(O)n(C4(C)CC4)cc3c2)nnn1-c1ccc(F)cc1. The molecule has 5 rings (SSSR count). The molecular weight excluding hydrogens is 343 g/mol. The van der Waals surface area contributed by atoms with E-state index in [0.29, 0.717) is 5.88 Å². The van der Waals surface area contributed by atoms with E-state index >= 15 is 0 Å². The number of rotatable bonds is 3. The van der Waals surface area contributed by atoms with Crippen molar-refractivity contribution in [3.8, 4) is 22.8 Å². The van der Waals surface area contributed by atoms with E-state index in [0.717, 1.165) is 46.3 Å².